The molecule has 4 aromatic rings. The number of anilines is 3. The number of fused-ring (bicyclic) bond motifs is 1. The standard InChI is InChI=1S/C31H28N4O7/c1-5-18-12-27(37)35(30(18)40)23-14-20(13-22(15-23)34-26(36)10-17(4)29(34)39)32-28(38)24-11-19-8-9-21(33(6-2)7-3)16-25(19)42-31(24)41/h5,8-16,37,40H,1,6-7H2,2-4H3,(H,32,38). The molecular weight excluding hydrogens is 540 g/mol. The average molecular weight is 569 g/mol. The van der Waals surface area contributed by atoms with Gasteiger partial charge in [-0.05, 0) is 57.2 Å². The van der Waals surface area contributed by atoms with E-state index in [0.29, 0.717) is 11.0 Å². The van der Waals surface area contributed by atoms with Crippen LogP contribution in [0.15, 0.2) is 76.0 Å². The van der Waals surface area contributed by atoms with Crippen LogP contribution in [0.25, 0.3) is 22.7 Å². The fourth-order valence-corrected chi connectivity index (χ4v) is 4.91. The summed E-state index contributed by atoms with van der Waals surface area (Å²) in [6, 6.07) is 12.2. The monoisotopic (exact) mass is 568 g/mol. The van der Waals surface area contributed by atoms with Crippen molar-refractivity contribution < 1.29 is 29.0 Å². The van der Waals surface area contributed by atoms with Gasteiger partial charge in [-0.25, -0.2) is 9.69 Å². The fourth-order valence-electron chi connectivity index (χ4n) is 4.91. The molecule has 11 heteroatoms. The van der Waals surface area contributed by atoms with Crippen LogP contribution in [0.1, 0.15) is 36.7 Å². The quantitative estimate of drug-likeness (QED) is 0.207. The third kappa shape index (κ3) is 4.81. The number of carbonyl (C=O) groups is 3. The van der Waals surface area contributed by atoms with E-state index in [4.69, 9.17) is 4.42 Å². The van der Waals surface area contributed by atoms with E-state index in [1.807, 2.05) is 19.9 Å². The lowest BCUT2D eigenvalue weighted by atomic mass is 10.1. The fraction of sp³-hybridized carbons (Fsp3) is 0.161. The molecule has 5 rings (SSSR count). The van der Waals surface area contributed by atoms with E-state index in [1.54, 1.807) is 12.1 Å². The van der Waals surface area contributed by atoms with Gasteiger partial charge in [-0.1, -0.05) is 12.7 Å². The zero-order valence-corrected chi connectivity index (χ0v) is 23.2. The first kappa shape index (κ1) is 28.0. The highest BCUT2D eigenvalue weighted by Gasteiger charge is 2.31. The number of rotatable bonds is 8. The molecule has 0 spiro atoms. The highest BCUT2D eigenvalue weighted by molar-refractivity contribution is 6.30. The summed E-state index contributed by atoms with van der Waals surface area (Å²) in [6.07, 6.45) is 2.52. The largest absolute Gasteiger partial charge is 0.494 e. The second-order valence-electron chi connectivity index (χ2n) is 9.66. The van der Waals surface area contributed by atoms with Crippen molar-refractivity contribution in [2.24, 2.45) is 0 Å². The second-order valence-corrected chi connectivity index (χ2v) is 9.66. The van der Waals surface area contributed by atoms with Crippen molar-refractivity contribution in [3.63, 3.8) is 0 Å². The van der Waals surface area contributed by atoms with Crippen molar-refractivity contribution >= 4 is 51.8 Å². The molecule has 3 amide bonds. The summed E-state index contributed by atoms with van der Waals surface area (Å²) in [6.45, 7) is 10.7. The van der Waals surface area contributed by atoms with Gasteiger partial charge in [0.05, 0.1) is 11.4 Å². The predicted molar refractivity (Wildman–Crippen MR) is 159 cm³/mol. The molecule has 2 aromatic carbocycles. The van der Waals surface area contributed by atoms with Crippen molar-refractivity contribution in [2.45, 2.75) is 20.8 Å². The molecule has 1 aliphatic rings. The number of nitrogens with one attached hydrogen (secondary N) is 1. The van der Waals surface area contributed by atoms with Gasteiger partial charge in [-0.3, -0.25) is 19.0 Å². The number of hydrogen-bond donors (Lipinski definition) is 3. The highest BCUT2D eigenvalue weighted by Crippen LogP contribution is 2.36. The summed E-state index contributed by atoms with van der Waals surface area (Å²) >= 11 is 0. The second kappa shape index (κ2) is 10.8. The van der Waals surface area contributed by atoms with Crippen LogP contribution < -0.4 is 20.7 Å². The first-order valence-corrected chi connectivity index (χ1v) is 13.2. The van der Waals surface area contributed by atoms with Crippen molar-refractivity contribution in [3.05, 3.63) is 88.3 Å². The van der Waals surface area contributed by atoms with E-state index in [1.165, 1.54) is 49.4 Å². The summed E-state index contributed by atoms with van der Waals surface area (Å²) < 4.78 is 6.54. The van der Waals surface area contributed by atoms with Crippen LogP contribution in [0.4, 0.5) is 17.1 Å². The van der Waals surface area contributed by atoms with Crippen molar-refractivity contribution in [2.75, 3.05) is 28.2 Å². The molecule has 0 unspecified atom stereocenters. The van der Waals surface area contributed by atoms with Crippen molar-refractivity contribution in [1.29, 1.82) is 0 Å². The van der Waals surface area contributed by atoms with Crippen LogP contribution in [0.2, 0.25) is 0 Å². The van der Waals surface area contributed by atoms with Crippen LogP contribution in [0, 0.1) is 0 Å². The summed E-state index contributed by atoms with van der Waals surface area (Å²) in [4.78, 5) is 54.6. The molecule has 11 nitrogen and oxygen atoms in total. The minimum atomic E-state index is -0.853. The summed E-state index contributed by atoms with van der Waals surface area (Å²) in [5.74, 6) is -2.68. The van der Waals surface area contributed by atoms with Crippen molar-refractivity contribution in [1.82, 2.24) is 4.57 Å². The zero-order valence-electron chi connectivity index (χ0n) is 23.2. The molecule has 3 heterocycles. The molecule has 0 saturated heterocycles. The maximum absolute atomic E-state index is 13.3. The van der Waals surface area contributed by atoms with Crippen LogP contribution in [0.5, 0.6) is 11.8 Å². The Hall–Kier alpha value is -5.58. The van der Waals surface area contributed by atoms with Crippen LogP contribution in [-0.2, 0) is 9.59 Å². The van der Waals surface area contributed by atoms with E-state index in [2.05, 4.69) is 16.8 Å². The number of nitrogens with zero attached hydrogens (tertiary/aromatic N) is 3. The van der Waals surface area contributed by atoms with Gasteiger partial charge in [0.25, 0.3) is 17.7 Å². The van der Waals surface area contributed by atoms with Crippen molar-refractivity contribution in [3.8, 4) is 17.4 Å². The van der Waals surface area contributed by atoms with E-state index in [0.717, 1.165) is 28.2 Å². The molecular formula is C31H28N4O7. The van der Waals surface area contributed by atoms with Gasteiger partial charge in [0.2, 0.25) is 5.88 Å². The average Bonchev–Trinajstić information content (AvgIpc) is 3.39. The van der Waals surface area contributed by atoms with E-state index in [9.17, 15) is 29.4 Å². The Morgan fingerprint density at radius 1 is 1.02 bits per heavy atom. The first-order chi connectivity index (χ1) is 20.1. The normalized spacial score (nSPS) is 13.0. The van der Waals surface area contributed by atoms with Gasteiger partial charge in [0, 0.05) is 59.2 Å². The maximum Gasteiger partial charge on any atom is 0.349 e. The SMILES string of the molecule is C=Cc1cc(O)n(-c2cc(NC(=O)c3cc4ccc(N(CC)CC)cc4oc3=O)cc(N3C(=O)C=C(C)C3=O)c2)c1O. The number of aromatic hydroxyl groups is 2. The third-order valence-electron chi connectivity index (χ3n) is 7.07. The zero-order chi connectivity index (χ0) is 30.3. The van der Waals surface area contributed by atoms with Gasteiger partial charge in [-0.15, -0.1) is 0 Å². The highest BCUT2D eigenvalue weighted by atomic mass is 16.4. The van der Waals surface area contributed by atoms with Gasteiger partial charge in [0.1, 0.15) is 11.1 Å². The Labute approximate surface area is 240 Å². The minimum Gasteiger partial charge on any atom is -0.494 e. The lowest BCUT2D eigenvalue weighted by Gasteiger charge is -2.21. The smallest absolute Gasteiger partial charge is 0.349 e. The molecule has 3 N–H and O–H groups in total. The molecule has 2 aromatic heterocycles. The number of imide groups is 1. The number of carbonyl (C=O) groups excluding carboxylic acids is 3. The first-order valence-electron chi connectivity index (χ1n) is 13.2. The van der Waals surface area contributed by atoms with Gasteiger partial charge in [-0.2, -0.15) is 0 Å². The molecule has 0 fully saturated rings. The summed E-state index contributed by atoms with van der Waals surface area (Å²) in [7, 11) is 0. The molecule has 42 heavy (non-hydrogen) atoms. The molecule has 0 atom stereocenters. The lowest BCUT2D eigenvalue weighted by Crippen LogP contribution is -2.30. The summed E-state index contributed by atoms with van der Waals surface area (Å²) in [5.41, 5.74) is 0.785. The van der Waals surface area contributed by atoms with Crippen LogP contribution in [0.3, 0.4) is 0 Å². The van der Waals surface area contributed by atoms with E-state index in [-0.39, 0.29) is 45.5 Å². The van der Waals surface area contributed by atoms with Crippen LogP contribution >= 0.6 is 0 Å². The molecule has 0 aliphatic carbocycles. The van der Waals surface area contributed by atoms with Gasteiger partial charge < -0.3 is 24.8 Å². The lowest BCUT2D eigenvalue weighted by molar-refractivity contribution is -0.120. The summed E-state index contributed by atoms with van der Waals surface area (Å²) in [5, 5.41) is 24.4. The molecule has 0 bridgehead atoms. The number of aromatic nitrogens is 1. The number of benzene rings is 2. The third-order valence-corrected chi connectivity index (χ3v) is 7.07. The minimum absolute atomic E-state index is 0.0630. The number of amides is 3. The molecule has 214 valence electrons. The van der Waals surface area contributed by atoms with E-state index < -0.39 is 23.3 Å². The predicted octanol–water partition coefficient (Wildman–Crippen LogP) is 4.56. The molecule has 0 radical (unpaired) electrons. The Kier molecular flexibility index (Phi) is 7.17. The maximum atomic E-state index is 13.3. The topological polar surface area (TPSA) is 145 Å². The van der Waals surface area contributed by atoms with Gasteiger partial charge >= 0.3 is 5.63 Å². The number of hydrogen-bond acceptors (Lipinski definition) is 8. The van der Waals surface area contributed by atoms with Gasteiger partial charge in [0.15, 0.2) is 5.88 Å². The molecule has 1 aliphatic heterocycles. The van der Waals surface area contributed by atoms with E-state index >= 15 is 0 Å². The Bertz CT molecular complexity index is 1880. The van der Waals surface area contributed by atoms with Crippen LogP contribution in [-0.4, -0.2) is 45.6 Å². The Morgan fingerprint density at radius 2 is 1.74 bits per heavy atom. The molecule has 0 saturated carbocycles. The Balaban J connectivity index is 1.56. The Morgan fingerprint density at radius 3 is 2.36 bits per heavy atom.